The average molecular weight is 272 g/mol. The van der Waals surface area contributed by atoms with Crippen LogP contribution < -0.4 is 5.73 Å². The smallest absolute Gasteiger partial charge is 0.156 e. The molecule has 98 valence electrons. The molecule has 1 atom stereocenters. The van der Waals surface area contributed by atoms with Crippen LogP contribution in [-0.2, 0) is 6.54 Å². The quantitative estimate of drug-likeness (QED) is 0.383. The minimum Gasteiger partial charge on any atom is -0.409 e. The largest absolute Gasteiger partial charge is 0.409 e. The molecule has 1 aromatic carbocycles. The van der Waals surface area contributed by atoms with Crippen LogP contribution in [0.1, 0.15) is 18.4 Å². The van der Waals surface area contributed by atoms with Gasteiger partial charge in [0.25, 0.3) is 0 Å². The highest BCUT2D eigenvalue weighted by Crippen LogP contribution is 2.25. The van der Waals surface area contributed by atoms with Crippen molar-refractivity contribution in [2.75, 3.05) is 6.54 Å². The fraction of sp³-hybridized carbons (Fsp3) is 0.417. The summed E-state index contributed by atoms with van der Waals surface area (Å²) in [4.78, 5) is 1.97. The van der Waals surface area contributed by atoms with Crippen LogP contribution in [0.3, 0.4) is 0 Å². The van der Waals surface area contributed by atoms with Gasteiger partial charge in [-0.05, 0) is 31.5 Å². The van der Waals surface area contributed by atoms with E-state index < -0.39 is 0 Å². The number of nitrogens with two attached hydrogens (primary N) is 1. The number of hydrogen-bond acceptors (Lipinski definition) is 3. The molecular weight excluding hydrogens is 257 g/mol. The van der Waals surface area contributed by atoms with E-state index in [1.807, 2.05) is 4.90 Å². The van der Waals surface area contributed by atoms with Gasteiger partial charge >= 0.3 is 0 Å². The van der Waals surface area contributed by atoms with Crippen molar-refractivity contribution < 1.29 is 9.60 Å². The van der Waals surface area contributed by atoms with Crippen LogP contribution in [0.4, 0.5) is 4.39 Å². The average Bonchev–Trinajstić information content (AvgIpc) is 2.81. The summed E-state index contributed by atoms with van der Waals surface area (Å²) >= 11 is 5.99. The van der Waals surface area contributed by atoms with Crippen LogP contribution in [-0.4, -0.2) is 28.5 Å². The first-order valence-corrected chi connectivity index (χ1v) is 6.15. The molecule has 0 saturated carbocycles. The van der Waals surface area contributed by atoms with Gasteiger partial charge in [0.2, 0.25) is 0 Å². The summed E-state index contributed by atoms with van der Waals surface area (Å²) < 4.78 is 13.7. The molecule has 2 rings (SSSR count). The van der Waals surface area contributed by atoms with E-state index in [2.05, 4.69) is 5.16 Å². The number of likely N-dealkylation sites (tertiary alicyclic amines) is 1. The molecule has 0 aromatic heterocycles. The van der Waals surface area contributed by atoms with Gasteiger partial charge in [0.05, 0.1) is 6.04 Å². The van der Waals surface area contributed by atoms with Crippen molar-refractivity contribution in [1.29, 1.82) is 0 Å². The van der Waals surface area contributed by atoms with Gasteiger partial charge in [0.15, 0.2) is 5.84 Å². The lowest BCUT2D eigenvalue weighted by Crippen LogP contribution is -2.40. The second-order valence-corrected chi connectivity index (χ2v) is 4.76. The topological polar surface area (TPSA) is 61.9 Å². The maximum absolute atomic E-state index is 13.7. The van der Waals surface area contributed by atoms with Crippen LogP contribution in [0.15, 0.2) is 23.4 Å². The highest BCUT2D eigenvalue weighted by Gasteiger charge is 2.29. The number of oxime groups is 1. The Morgan fingerprint density at radius 1 is 1.61 bits per heavy atom. The van der Waals surface area contributed by atoms with Crippen molar-refractivity contribution in [3.8, 4) is 0 Å². The van der Waals surface area contributed by atoms with E-state index in [-0.39, 0.29) is 17.7 Å². The molecule has 0 aliphatic carbocycles. The van der Waals surface area contributed by atoms with Crippen molar-refractivity contribution in [2.24, 2.45) is 10.9 Å². The zero-order valence-electron chi connectivity index (χ0n) is 9.81. The molecule has 0 spiro atoms. The van der Waals surface area contributed by atoms with Crippen molar-refractivity contribution >= 4 is 17.4 Å². The van der Waals surface area contributed by atoms with Crippen LogP contribution in [0.5, 0.6) is 0 Å². The van der Waals surface area contributed by atoms with Gasteiger partial charge in [-0.1, -0.05) is 22.8 Å². The maximum atomic E-state index is 13.7. The van der Waals surface area contributed by atoms with E-state index in [0.717, 1.165) is 19.4 Å². The summed E-state index contributed by atoms with van der Waals surface area (Å²) in [7, 11) is 0. The van der Waals surface area contributed by atoms with E-state index in [9.17, 15) is 4.39 Å². The molecule has 1 aromatic rings. The van der Waals surface area contributed by atoms with Crippen molar-refractivity contribution in [1.82, 2.24) is 4.90 Å². The predicted molar refractivity (Wildman–Crippen MR) is 68.3 cm³/mol. The Kier molecular flexibility index (Phi) is 4.04. The first kappa shape index (κ1) is 13.1. The van der Waals surface area contributed by atoms with Gasteiger partial charge < -0.3 is 10.9 Å². The molecule has 4 nitrogen and oxygen atoms in total. The molecule has 1 heterocycles. The Morgan fingerprint density at radius 3 is 3.06 bits per heavy atom. The van der Waals surface area contributed by atoms with Gasteiger partial charge in [-0.15, -0.1) is 0 Å². The van der Waals surface area contributed by atoms with E-state index >= 15 is 0 Å². The number of halogens is 2. The second-order valence-electron chi connectivity index (χ2n) is 4.35. The lowest BCUT2D eigenvalue weighted by Gasteiger charge is -2.23. The molecule has 0 radical (unpaired) electrons. The SMILES string of the molecule is NC(=NO)C1CCCN1Cc1c(F)cccc1Cl. The van der Waals surface area contributed by atoms with E-state index in [4.69, 9.17) is 22.5 Å². The molecule has 0 bridgehead atoms. The molecule has 6 heteroatoms. The Hall–Kier alpha value is -1.33. The highest BCUT2D eigenvalue weighted by atomic mass is 35.5. The molecule has 1 aliphatic rings. The van der Waals surface area contributed by atoms with Gasteiger partial charge in [0, 0.05) is 17.1 Å². The zero-order valence-corrected chi connectivity index (χ0v) is 10.6. The first-order chi connectivity index (χ1) is 8.63. The zero-order chi connectivity index (χ0) is 13.1. The number of benzene rings is 1. The Balaban J connectivity index is 2.18. The van der Waals surface area contributed by atoms with Crippen molar-refractivity contribution in [3.63, 3.8) is 0 Å². The molecule has 0 amide bonds. The minimum absolute atomic E-state index is 0.148. The lowest BCUT2D eigenvalue weighted by atomic mass is 10.1. The summed E-state index contributed by atoms with van der Waals surface area (Å²) in [6.45, 7) is 1.15. The fourth-order valence-corrected chi connectivity index (χ4v) is 2.53. The van der Waals surface area contributed by atoms with E-state index in [1.54, 1.807) is 12.1 Å². The van der Waals surface area contributed by atoms with Gasteiger partial charge in [0.1, 0.15) is 5.82 Å². The molecule has 1 unspecified atom stereocenters. The van der Waals surface area contributed by atoms with Crippen LogP contribution >= 0.6 is 11.6 Å². The molecule has 1 saturated heterocycles. The molecular formula is C12H15ClFN3O. The highest BCUT2D eigenvalue weighted by molar-refractivity contribution is 6.31. The van der Waals surface area contributed by atoms with Crippen LogP contribution in [0.25, 0.3) is 0 Å². The van der Waals surface area contributed by atoms with Gasteiger partial charge in [-0.25, -0.2) is 4.39 Å². The van der Waals surface area contributed by atoms with Crippen molar-refractivity contribution in [3.05, 3.63) is 34.6 Å². The van der Waals surface area contributed by atoms with E-state index in [1.165, 1.54) is 6.07 Å². The van der Waals surface area contributed by atoms with Crippen LogP contribution in [0.2, 0.25) is 5.02 Å². The monoisotopic (exact) mass is 271 g/mol. The van der Waals surface area contributed by atoms with E-state index in [0.29, 0.717) is 17.1 Å². The summed E-state index contributed by atoms with van der Waals surface area (Å²) in [5.41, 5.74) is 6.09. The molecule has 18 heavy (non-hydrogen) atoms. The fourth-order valence-electron chi connectivity index (χ4n) is 2.30. The Morgan fingerprint density at radius 2 is 2.39 bits per heavy atom. The third-order valence-corrected chi connectivity index (χ3v) is 3.60. The normalized spacial score (nSPS) is 21.4. The molecule has 3 N–H and O–H groups in total. The molecule has 1 aliphatic heterocycles. The first-order valence-electron chi connectivity index (χ1n) is 5.78. The van der Waals surface area contributed by atoms with Gasteiger partial charge in [-0.2, -0.15) is 0 Å². The second kappa shape index (κ2) is 5.54. The van der Waals surface area contributed by atoms with Crippen molar-refractivity contribution in [2.45, 2.75) is 25.4 Å². The lowest BCUT2D eigenvalue weighted by molar-refractivity contribution is 0.272. The summed E-state index contributed by atoms with van der Waals surface area (Å²) in [5.74, 6) is -0.160. The Bertz CT molecular complexity index is 446. The summed E-state index contributed by atoms with van der Waals surface area (Å²) in [6.07, 6.45) is 1.74. The standard InChI is InChI=1S/C12H15ClFN3O/c13-9-3-1-4-10(14)8(9)7-17-6-2-5-11(17)12(15)16-18/h1,3-4,11,18H,2,5-7H2,(H2,15,16). The number of amidine groups is 1. The molecule has 1 fully saturated rings. The summed E-state index contributed by atoms with van der Waals surface area (Å²) in [5, 5.41) is 12.2. The minimum atomic E-state index is -0.326. The number of hydrogen-bond donors (Lipinski definition) is 2. The number of rotatable bonds is 3. The maximum Gasteiger partial charge on any atom is 0.156 e. The van der Waals surface area contributed by atoms with Crippen LogP contribution in [0, 0.1) is 5.82 Å². The number of nitrogens with zero attached hydrogens (tertiary/aromatic N) is 2. The Labute approximate surface area is 110 Å². The third-order valence-electron chi connectivity index (χ3n) is 3.24. The van der Waals surface area contributed by atoms with Gasteiger partial charge in [-0.3, -0.25) is 4.90 Å². The summed E-state index contributed by atoms with van der Waals surface area (Å²) in [6, 6.07) is 4.47. The third kappa shape index (κ3) is 2.57. The predicted octanol–water partition coefficient (Wildman–Crippen LogP) is 2.19.